The number of anilines is 1. The number of hydrogen-bond donors (Lipinski definition) is 2. The first-order chi connectivity index (χ1) is 7.70. The third-order valence-electron chi connectivity index (χ3n) is 2.07. The van der Waals surface area contributed by atoms with Crippen LogP contribution >= 0.6 is 34.5 Å². The number of benzene rings is 1. The molecule has 0 unspecified atom stereocenters. The largest absolute Gasteiger partial charge is 0.361 e. The maximum atomic E-state index is 6.08. The van der Waals surface area contributed by atoms with Gasteiger partial charge in [0.2, 0.25) is 0 Å². The van der Waals surface area contributed by atoms with Crippen LogP contribution in [0.2, 0.25) is 10.0 Å². The molecule has 1 heterocycles. The summed E-state index contributed by atoms with van der Waals surface area (Å²) in [5.41, 5.74) is 6.25. The molecule has 0 atom stereocenters. The SMILES string of the molecule is NCCCNc1nc2cc(Cl)cc(Cl)c2s1. The molecule has 2 aromatic rings. The molecule has 0 saturated heterocycles. The van der Waals surface area contributed by atoms with Crippen molar-refractivity contribution in [3.63, 3.8) is 0 Å². The van der Waals surface area contributed by atoms with Crippen molar-refractivity contribution >= 4 is 49.9 Å². The van der Waals surface area contributed by atoms with Crippen LogP contribution in [-0.4, -0.2) is 18.1 Å². The van der Waals surface area contributed by atoms with Crippen LogP contribution in [0.5, 0.6) is 0 Å². The Balaban J connectivity index is 2.26. The van der Waals surface area contributed by atoms with Crippen LogP contribution < -0.4 is 11.1 Å². The van der Waals surface area contributed by atoms with Crippen LogP contribution in [0.3, 0.4) is 0 Å². The van der Waals surface area contributed by atoms with Gasteiger partial charge < -0.3 is 11.1 Å². The van der Waals surface area contributed by atoms with Gasteiger partial charge in [-0.05, 0) is 25.1 Å². The topological polar surface area (TPSA) is 50.9 Å². The number of nitrogens with one attached hydrogen (secondary N) is 1. The molecule has 0 radical (unpaired) electrons. The highest BCUT2D eigenvalue weighted by Crippen LogP contribution is 2.34. The molecule has 0 bridgehead atoms. The van der Waals surface area contributed by atoms with Crippen molar-refractivity contribution < 1.29 is 0 Å². The molecular formula is C10H11Cl2N3S. The molecule has 0 amide bonds. The minimum absolute atomic E-state index is 0.608. The number of nitrogens with two attached hydrogens (primary N) is 1. The highest BCUT2D eigenvalue weighted by atomic mass is 35.5. The Morgan fingerprint density at radius 2 is 2.19 bits per heavy atom. The summed E-state index contributed by atoms with van der Waals surface area (Å²) >= 11 is 13.5. The zero-order valence-electron chi connectivity index (χ0n) is 8.46. The third kappa shape index (κ3) is 2.58. The first-order valence-corrected chi connectivity index (χ1v) is 6.47. The van der Waals surface area contributed by atoms with Crippen molar-refractivity contribution in [2.45, 2.75) is 6.42 Å². The van der Waals surface area contributed by atoms with E-state index in [1.165, 1.54) is 11.3 Å². The zero-order chi connectivity index (χ0) is 11.5. The van der Waals surface area contributed by atoms with E-state index in [9.17, 15) is 0 Å². The van der Waals surface area contributed by atoms with Crippen molar-refractivity contribution in [2.75, 3.05) is 18.4 Å². The summed E-state index contributed by atoms with van der Waals surface area (Å²) in [6.07, 6.45) is 0.921. The molecule has 0 fully saturated rings. The predicted molar refractivity (Wildman–Crippen MR) is 71.8 cm³/mol. The van der Waals surface area contributed by atoms with Gasteiger partial charge >= 0.3 is 0 Å². The van der Waals surface area contributed by atoms with Gasteiger partial charge in [0.05, 0.1) is 15.2 Å². The molecule has 2 rings (SSSR count). The summed E-state index contributed by atoms with van der Waals surface area (Å²) in [6, 6.07) is 3.54. The Kier molecular flexibility index (Phi) is 3.86. The van der Waals surface area contributed by atoms with E-state index >= 15 is 0 Å². The summed E-state index contributed by atoms with van der Waals surface area (Å²) in [5.74, 6) is 0. The fourth-order valence-corrected chi connectivity index (χ4v) is 2.81. The average Bonchev–Trinajstić information content (AvgIpc) is 2.61. The van der Waals surface area contributed by atoms with Gasteiger partial charge in [0.15, 0.2) is 5.13 Å². The Morgan fingerprint density at radius 3 is 2.94 bits per heavy atom. The lowest BCUT2D eigenvalue weighted by Crippen LogP contribution is -2.07. The van der Waals surface area contributed by atoms with Crippen molar-refractivity contribution in [2.24, 2.45) is 5.73 Å². The molecule has 0 saturated carbocycles. The summed E-state index contributed by atoms with van der Waals surface area (Å²) in [5, 5.41) is 5.31. The Bertz CT molecular complexity index is 498. The fourth-order valence-electron chi connectivity index (χ4n) is 1.33. The molecule has 1 aromatic heterocycles. The summed E-state index contributed by atoms with van der Waals surface area (Å²) in [7, 11) is 0. The lowest BCUT2D eigenvalue weighted by atomic mass is 10.3. The molecule has 6 heteroatoms. The number of thiazole rings is 1. The number of halogens is 2. The van der Waals surface area contributed by atoms with Gasteiger partial charge in [0.1, 0.15) is 0 Å². The number of aromatic nitrogens is 1. The molecule has 0 aliphatic rings. The average molecular weight is 276 g/mol. The molecule has 16 heavy (non-hydrogen) atoms. The van der Waals surface area contributed by atoms with Crippen molar-refractivity contribution in [1.29, 1.82) is 0 Å². The molecule has 0 aliphatic heterocycles. The molecule has 0 aliphatic carbocycles. The molecule has 86 valence electrons. The van der Waals surface area contributed by atoms with E-state index in [1.54, 1.807) is 6.07 Å². The van der Waals surface area contributed by atoms with Crippen LogP contribution in [0.15, 0.2) is 12.1 Å². The van der Waals surface area contributed by atoms with Gasteiger partial charge in [-0.15, -0.1) is 0 Å². The highest BCUT2D eigenvalue weighted by Gasteiger charge is 2.08. The smallest absolute Gasteiger partial charge is 0.183 e. The maximum Gasteiger partial charge on any atom is 0.183 e. The molecular weight excluding hydrogens is 265 g/mol. The van der Waals surface area contributed by atoms with E-state index in [0.717, 1.165) is 28.3 Å². The van der Waals surface area contributed by atoms with E-state index in [2.05, 4.69) is 10.3 Å². The molecule has 0 spiro atoms. The number of hydrogen-bond acceptors (Lipinski definition) is 4. The fraction of sp³-hybridized carbons (Fsp3) is 0.300. The molecule has 3 nitrogen and oxygen atoms in total. The van der Waals surface area contributed by atoms with E-state index < -0.39 is 0 Å². The quantitative estimate of drug-likeness (QED) is 0.842. The monoisotopic (exact) mass is 275 g/mol. The second-order valence-corrected chi connectivity index (χ2v) is 5.17. The van der Waals surface area contributed by atoms with Crippen molar-refractivity contribution in [1.82, 2.24) is 4.98 Å². The van der Waals surface area contributed by atoms with Crippen molar-refractivity contribution in [3.05, 3.63) is 22.2 Å². The van der Waals surface area contributed by atoms with E-state index in [0.29, 0.717) is 16.6 Å². The van der Waals surface area contributed by atoms with Gasteiger partial charge in [0.25, 0.3) is 0 Å². The van der Waals surface area contributed by atoms with Gasteiger partial charge in [0, 0.05) is 11.6 Å². The van der Waals surface area contributed by atoms with Crippen molar-refractivity contribution in [3.8, 4) is 0 Å². The van der Waals surface area contributed by atoms with E-state index in [1.807, 2.05) is 6.07 Å². The minimum atomic E-state index is 0.608. The van der Waals surface area contributed by atoms with Gasteiger partial charge in [-0.1, -0.05) is 34.5 Å². The lowest BCUT2D eigenvalue weighted by Gasteiger charge is -1.98. The standard InChI is InChI=1S/C10H11Cl2N3S/c11-6-4-7(12)9-8(5-6)15-10(16-9)14-3-1-2-13/h4-5H,1-3,13H2,(H,14,15). The first-order valence-electron chi connectivity index (χ1n) is 4.90. The Labute approximate surface area is 108 Å². The summed E-state index contributed by atoms with van der Waals surface area (Å²) < 4.78 is 0.960. The number of rotatable bonds is 4. The first kappa shape index (κ1) is 11.9. The zero-order valence-corrected chi connectivity index (χ0v) is 10.8. The Morgan fingerprint density at radius 1 is 1.38 bits per heavy atom. The van der Waals surface area contributed by atoms with Gasteiger partial charge in [-0.2, -0.15) is 0 Å². The molecule has 1 aromatic carbocycles. The highest BCUT2D eigenvalue weighted by molar-refractivity contribution is 7.22. The van der Waals surface area contributed by atoms with Crippen LogP contribution in [0, 0.1) is 0 Å². The van der Waals surface area contributed by atoms with Crippen LogP contribution in [0.4, 0.5) is 5.13 Å². The summed E-state index contributed by atoms with van der Waals surface area (Å²) in [4.78, 5) is 4.40. The summed E-state index contributed by atoms with van der Waals surface area (Å²) in [6.45, 7) is 1.49. The molecule has 3 N–H and O–H groups in total. The normalized spacial score (nSPS) is 10.9. The second-order valence-electron chi connectivity index (χ2n) is 3.32. The van der Waals surface area contributed by atoms with Crippen LogP contribution in [-0.2, 0) is 0 Å². The van der Waals surface area contributed by atoms with Crippen LogP contribution in [0.1, 0.15) is 6.42 Å². The number of nitrogens with zero attached hydrogens (tertiary/aromatic N) is 1. The van der Waals surface area contributed by atoms with E-state index in [4.69, 9.17) is 28.9 Å². The number of fused-ring (bicyclic) bond motifs is 1. The van der Waals surface area contributed by atoms with E-state index in [-0.39, 0.29) is 0 Å². The predicted octanol–water partition coefficient (Wildman–Crippen LogP) is 3.36. The third-order valence-corrected chi connectivity index (χ3v) is 3.76. The lowest BCUT2D eigenvalue weighted by molar-refractivity contribution is 0.873. The second kappa shape index (κ2) is 5.19. The minimum Gasteiger partial charge on any atom is -0.361 e. The van der Waals surface area contributed by atoms with Crippen LogP contribution in [0.25, 0.3) is 10.2 Å². The maximum absolute atomic E-state index is 6.08. The van der Waals surface area contributed by atoms with Gasteiger partial charge in [-0.25, -0.2) is 4.98 Å². The Hall–Kier alpha value is -0.550. The van der Waals surface area contributed by atoms with Gasteiger partial charge in [-0.3, -0.25) is 0 Å².